The van der Waals surface area contributed by atoms with Crippen LogP contribution in [0.1, 0.15) is 36.8 Å². The lowest BCUT2D eigenvalue weighted by Crippen LogP contribution is -2.45. The summed E-state index contributed by atoms with van der Waals surface area (Å²) in [6, 6.07) is 9.01. The van der Waals surface area contributed by atoms with E-state index in [1.807, 2.05) is 0 Å². The minimum absolute atomic E-state index is 0.314. The summed E-state index contributed by atoms with van der Waals surface area (Å²) in [5, 5.41) is 3.64. The molecule has 2 atom stereocenters. The van der Waals surface area contributed by atoms with Gasteiger partial charge in [-0.2, -0.15) is 0 Å². The molecular formula is C14H19N. The summed E-state index contributed by atoms with van der Waals surface area (Å²) in [6.07, 6.45) is 6.81. The second-order valence-electron chi connectivity index (χ2n) is 5.03. The fourth-order valence-electron chi connectivity index (χ4n) is 3.74. The number of hydrogen-bond acceptors (Lipinski definition) is 1. The third-order valence-electron chi connectivity index (χ3n) is 4.48. The average Bonchev–Trinajstić information content (AvgIpc) is 2.64. The summed E-state index contributed by atoms with van der Waals surface area (Å²) in [5.74, 6) is 0.841. The summed E-state index contributed by atoms with van der Waals surface area (Å²) < 4.78 is 0. The van der Waals surface area contributed by atoms with E-state index in [1.54, 1.807) is 11.1 Å². The first-order valence-corrected chi connectivity index (χ1v) is 6.14. The van der Waals surface area contributed by atoms with Gasteiger partial charge in [-0.3, -0.25) is 0 Å². The van der Waals surface area contributed by atoms with Crippen molar-refractivity contribution in [2.24, 2.45) is 5.92 Å². The van der Waals surface area contributed by atoms with Gasteiger partial charge < -0.3 is 5.32 Å². The first-order valence-electron chi connectivity index (χ1n) is 6.14. The van der Waals surface area contributed by atoms with Crippen LogP contribution in [0.25, 0.3) is 0 Å². The van der Waals surface area contributed by atoms with E-state index >= 15 is 0 Å². The molecule has 0 aromatic heterocycles. The van der Waals surface area contributed by atoms with Gasteiger partial charge in [-0.05, 0) is 43.4 Å². The van der Waals surface area contributed by atoms with Crippen molar-refractivity contribution < 1.29 is 0 Å². The first kappa shape index (κ1) is 9.41. The Hall–Kier alpha value is -0.820. The molecule has 0 heterocycles. The van der Waals surface area contributed by atoms with Crippen LogP contribution in [-0.4, -0.2) is 7.05 Å². The molecule has 0 bridgehead atoms. The molecule has 1 nitrogen and oxygen atoms in total. The van der Waals surface area contributed by atoms with Gasteiger partial charge in [0, 0.05) is 5.54 Å². The van der Waals surface area contributed by atoms with Gasteiger partial charge >= 0.3 is 0 Å². The number of rotatable bonds is 1. The van der Waals surface area contributed by atoms with E-state index in [0.717, 1.165) is 5.92 Å². The third-order valence-corrected chi connectivity index (χ3v) is 4.48. The van der Waals surface area contributed by atoms with Crippen molar-refractivity contribution in [1.29, 1.82) is 0 Å². The van der Waals surface area contributed by atoms with Crippen molar-refractivity contribution in [2.45, 2.75) is 37.6 Å². The van der Waals surface area contributed by atoms with E-state index < -0.39 is 0 Å². The van der Waals surface area contributed by atoms with Gasteiger partial charge in [0.05, 0.1) is 0 Å². The maximum Gasteiger partial charge on any atom is 0.0466 e. The quantitative estimate of drug-likeness (QED) is 0.736. The minimum Gasteiger partial charge on any atom is -0.310 e. The molecule has 0 radical (unpaired) electrons. The van der Waals surface area contributed by atoms with Crippen molar-refractivity contribution in [3.05, 3.63) is 35.4 Å². The van der Waals surface area contributed by atoms with Gasteiger partial charge in [0.1, 0.15) is 0 Å². The number of hydrogen-bond donors (Lipinski definition) is 1. The molecule has 1 fully saturated rings. The van der Waals surface area contributed by atoms with E-state index in [4.69, 9.17) is 0 Å². The Bertz CT molecular complexity index is 371. The summed E-state index contributed by atoms with van der Waals surface area (Å²) in [5.41, 5.74) is 3.48. The van der Waals surface area contributed by atoms with Gasteiger partial charge in [0.15, 0.2) is 0 Å². The Morgan fingerprint density at radius 2 is 2.13 bits per heavy atom. The van der Waals surface area contributed by atoms with E-state index in [0.29, 0.717) is 5.54 Å². The summed E-state index contributed by atoms with van der Waals surface area (Å²) >= 11 is 0. The lowest BCUT2D eigenvalue weighted by Gasteiger charge is -2.40. The van der Waals surface area contributed by atoms with Gasteiger partial charge in [-0.1, -0.05) is 37.1 Å². The molecule has 1 saturated carbocycles. The largest absolute Gasteiger partial charge is 0.310 e. The molecule has 3 rings (SSSR count). The molecule has 80 valence electrons. The Morgan fingerprint density at radius 1 is 1.27 bits per heavy atom. The van der Waals surface area contributed by atoms with Crippen molar-refractivity contribution in [1.82, 2.24) is 5.32 Å². The third kappa shape index (κ3) is 1.19. The maximum absolute atomic E-state index is 3.64. The average molecular weight is 201 g/mol. The van der Waals surface area contributed by atoms with Crippen LogP contribution in [0, 0.1) is 5.92 Å². The van der Waals surface area contributed by atoms with E-state index in [9.17, 15) is 0 Å². The zero-order valence-electron chi connectivity index (χ0n) is 9.42. The Labute approximate surface area is 91.9 Å². The molecule has 0 saturated heterocycles. The zero-order chi connectivity index (χ0) is 10.3. The van der Waals surface area contributed by atoms with Gasteiger partial charge in [0.25, 0.3) is 0 Å². The van der Waals surface area contributed by atoms with Crippen LogP contribution in [0.15, 0.2) is 24.3 Å². The van der Waals surface area contributed by atoms with Gasteiger partial charge in [-0.25, -0.2) is 0 Å². The summed E-state index contributed by atoms with van der Waals surface area (Å²) in [7, 11) is 2.14. The van der Waals surface area contributed by atoms with E-state index in [-0.39, 0.29) is 0 Å². The standard InChI is InChI=1S/C14H19N/c1-15-14-9-5-4-7-12(14)10-11-6-2-3-8-13(11)14/h2-3,6,8,12,15H,4-5,7,9-10H2,1H3/t12-,14+/m0/s1. The number of nitrogens with one attached hydrogen (secondary N) is 1. The highest BCUT2D eigenvalue weighted by Crippen LogP contribution is 2.49. The molecule has 0 amide bonds. The molecule has 2 aliphatic rings. The molecule has 2 aliphatic carbocycles. The maximum atomic E-state index is 3.64. The molecule has 15 heavy (non-hydrogen) atoms. The van der Waals surface area contributed by atoms with Crippen LogP contribution in [0.3, 0.4) is 0 Å². The highest BCUT2D eigenvalue weighted by atomic mass is 15.0. The normalized spacial score (nSPS) is 33.5. The molecule has 1 heteroatoms. The van der Waals surface area contributed by atoms with Crippen LogP contribution in [0.2, 0.25) is 0 Å². The monoisotopic (exact) mass is 201 g/mol. The fraction of sp³-hybridized carbons (Fsp3) is 0.571. The van der Waals surface area contributed by atoms with Gasteiger partial charge in [-0.15, -0.1) is 0 Å². The second kappa shape index (κ2) is 3.34. The lowest BCUT2D eigenvalue weighted by atomic mass is 9.73. The van der Waals surface area contributed by atoms with E-state index in [1.165, 1.54) is 32.1 Å². The number of fused-ring (bicyclic) bond motifs is 3. The SMILES string of the molecule is CN[C@]12CCCC[C@H]1Cc1ccccc12. The van der Waals surface area contributed by atoms with Crippen molar-refractivity contribution >= 4 is 0 Å². The summed E-state index contributed by atoms with van der Waals surface area (Å²) in [6.45, 7) is 0. The van der Waals surface area contributed by atoms with Crippen LogP contribution < -0.4 is 5.32 Å². The van der Waals surface area contributed by atoms with Crippen LogP contribution in [-0.2, 0) is 12.0 Å². The molecule has 0 unspecified atom stereocenters. The molecular weight excluding hydrogens is 182 g/mol. The molecule has 1 N–H and O–H groups in total. The lowest BCUT2D eigenvalue weighted by molar-refractivity contribution is 0.171. The van der Waals surface area contributed by atoms with Crippen LogP contribution in [0.5, 0.6) is 0 Å². The molecule has 1 aromatic rings. The zero-order valence-corrected chi connectivity index (χ0v) is 9.42. The minimum atomic E-state index is 0.314. The van der Waals surface area contributed by atoms with E-state index in [2.05, 4.69) is 36.6 Å². The number of benzene rings is 1. The van der Waals surface area contributed by atoms with Crippen molar-refractivity contribution in [2.75, 3.05) is 7.05 Å². The predicted octanol–water partition coefficient (Wildman–Crippen LogP) is 2.85. The molecule has 0 aliphatic heterocycles. The van der Waals surface area contributed by atoms with Crippen molar-refractivity contribution in [3.8, 4) is 0 Å². The smallest absolute Gasteiger partial charge is 0.0466 e. The van der Waals surface area contributed by atoms with Gasteiger partial charge in [0.2, 0.25) is 0 Å². The highest BCUT2D eigenvalue weighted by Gasteiger charge is 2.46. The first-order chi connectivity index (χ1) is 7.37. The fourth-order valence-corrected chi connectivity index (χ4v) is 3.74. The second-order valence-corrected chi connectivity index (χ2v) is 5.03. The Morgan fingerprint density at radius 3 is 3.00 bits per heavy atom. The molecule has 1 aromatic carbocycles. The highest BCUT2D eigenvalue weighted by molar-refractivity contribution is 5.40. The van der Waals surface area contributed by atoms with Crippen LogP contribution >= 0.6 is 0 Å². The molecule has 0 spiro atoms. The van der Waals surface area contributed by atoms with Crippen LogP contribution in [0.4, 0.5) is 0 Å². The summed E-state index contributed by atoms with van der Waals surface area (Å²) in [4.78, 5) is 0. The predicted molar refractivity (Wildman–Crippen MR) is 62.8 cm³/mol. The van der Waals surface area contributed by atoms with Crippen molar-refractivity contribution in [3.63, 3.8) is 0 Å². The Kier molecular flexibility index (Phi) is 2.10. The Balaban J connectivity index is 2.11. The topological polar surface area (TPSA) is 12.0 Å².